The monoisotopic (exact) mass is 284 g/mol. The smallest absolute Gasteiger partial charge is 0.139 e. The molecule has 2 nitrogen and oxygen atoms in total. The number of hydrogen-bond donors (Lipinski definition) is 1. The summed E-state index contributed by atoms with van der Waals surface area (Å²) in [7, 11) is 0. The number of hydrogen-bond acceptors (Lipinski definition) is 2. The van der Waals surface area contributed by atoms with Crippen LogP contribution in [0.25, 0.3) is 0 Å². The van der Waals surface area contributed by atoms with E-state index in [-0.39, 0.29) is 10.8 Å². The van der Waals surface area contributed by atoms with Crippen LogP contribution in [0.2, 0.25) is 0 Å². The SMILES string of the molecule is C[C@]12C=CC(O)C=C1C=C[C@@H]1[C@@H]2CC[C@]2(C)C(=O)CC[C@@H]12. The molecule has 112 valence electrons. The Morgan fingerprint density at radius 3 is 2.81 bits per heavy atom. The summed E-state index contributed by atoms with van der Waals surface area (Å²) in [5.74, 6) is 2.08. The Morgan fingerprint density at radius 1 is 1.19 bits per heavy atom. The van der Waals surface area contributed by atoms with Gasteiger partial charge in [-0.2, -0.15) is 0 Å². The molecule has 6 atom stereocenters. The van der Waals surface area contributed by atoms with E-state index in [1.54, 1.807) is 0 Å². The molecule has 0 bridgehead atoms. The summed E-state index contributed by atoms with van der Waals surface area (Å²) in [6.45, 7) is 4.51. The van der Waals surface area contributed by atoms with Gasteiger partial charge in [0.05, 0.1) is 6.10 Å². The van der Waals surface area contributed by atoms with Crippen LogP contribution in [0.4, 0.5) is 0 Å². The highest BCUT2D eigenvalue weighted by molar-refractivity contribution is 5.87. The van der Waals surface area contributed by atoms with Crippen LogP contribution < -0.4 is 0 Å². The summed E-state index contributed by atoms with van der Waals surface area (Å²) >= 11 is 0. The molecule has 0 spiro atoms. The van der Waals surface area contributed by atoms with Gasteiger partial charge in [-0.05, 0) is 48.7 Å². The van der Waals surface area contributed by atoms with Crippen molar-refractivity contribution in [2.45, 2.75) is 45.6 Å². The summed E-state index contributed by atoms with van der Waals surface area (Å²) in [5.41, 5.74) is 1.21. The van der Waals surface area contributed by atoms with E-state index in [2.05, 4.69) is 32.1 Å². The third kappa shape index (κ3) is 1.66. The quantitative estimate of drug-likeness (QED) is 0.692. The molecular weight excluding hydrogens is 260 g/mol. The predicted octanol–water partition coefficient (Wildman–Crippen LogP) is 3.43. The summed E-state index contributed by atoms with van der Waals surface area (Å²) in [5, 5.41) is 9.84. The largest absolute Gasteiger partial charge is 0.385 e. The van der Waals surface area contributed by atoms with Crippen LogP contribution in [0.5, 0.6) is 0 Å². The maximum Gasteiger partial charge on any atom is 0.139 e. The third-order valence-electron chi connectivity index (χ3n) is 6.92. The lowest BCUT2D eigenvalue weighted by Crippen LogP contribution is -2.48. The fraction of sp³-hybridized carbons (Fsp3) is 0.632. The summed E-state index contributed by atoms with van der Waals surface area (Å²) < 4.78 is 0. The van der Waals surface area contributed by atoms with Crippen LogP contribution >= 0.6 is 0 Å². The molecule has 0 aromatic carbocycles. The van der Waals surface area contributed by atoms with Crippen molar-refractivity contribution in [1.82, 2.24) is 0 Å². The van der Waals surface area contributed by atoms with Crippen molar-refractivity contribution < 1.29 is 9.90 Å². The van der Waals surface area contributed by atoms with E-state index < -0.39 is 6.10 Å². The molecule has 1 N–H and O–H groups in total. The molecule has 4 aliphatic carbocycles. The molecule has 4 rings (SSSR count). The molecule has 0 aromatic heterocycles. The highest BCUT2D eigenvalue weighted by atomic mass is 16.3. The lowest BCUT2D eigenvalue weighted by molar-refractivity contribution is -0.130. The average Bonchev–Trinajstić information content (AvgIpc) is 2.76. The topological polar surface area (TPSA) is 37.3 Å². The zero-order valence-corrected chi connectivity index (χ0v) is 12.9. The second kappa shape index (κ2) is 4.19. The van der Waals surface area contributed by atoms with Crippen LogP contribution in [-0.4, -0.2) is 17.0 Å². The van der Waals surface area contributed by atoms with Gasteiger partial charge in [0.2, 0.25) is 0 Å². The molecule has 0 aromatic rings. The number of carbonyl (C=O) groups excluding carboxylic acids is 1. The molecule has 4 aliphatic rings. The van der Waals surface area contributed by atoms with Crippen molar-refractivity contribution in [3.8, 4) is 0 Å². The number of Topliss-reactive ketones (excluding diaryl/α,β-unsaturated/α-hetero) is 1. The van der Waals surface area contributed by atoms with E-state index in [4.69, 9.17) is 0 Å². The molecule has 0 radical (unpaired) electrons. The van der Waals surface area contributed by atoms with E-state index in [1.165, 1.54) is 5.57 Å². The zero-order valence-electron chi connectivity index (χ0n) is 12.9. The van der Waals surface area contributed by atoms with Crippen molar-refractivity contribution in [1.29, 1.82) is 0 Å². The van der Waals surface area contributed by atoms with E-state index in [1.807, 2.05) is 12.2 Å². The first-order valence-electron chi connectivity index (χ1n) is 8.26. The van der Waals surface area contributed by atoms with E-state index in [9.17, 15) is 9.90 Å². The maximum atomic E-state index is 12.3. The summed E-state index contributed by atoms with van der Waals surface area (Å²) in [6, 6.07) is 0. The molecule has 2 heteroatoms. The average molecular weight is 284 g/mol. The van der Waals surface area contributed by atoms with E-state index in [0.29, 0.717) is 23.5 Å². The Bertz CT molecular complexity index is 584. The van der Waals surface area contributed by atoms with Crippen molar-refractivity contribution >= 4 is 5.78 Å². The van der Waals surface area contributed by atoms with Crippen LogP contribution in [-0.2, 0) is 4.79 Å². The van der Waals surface area contributed by atoms with Gasteiger partial charge in [0.15, 0.2) is 0 Å². The first-order valence-corrected chi connectivity index (χ1v) is 8.26. The number of rotatable bonds is 0. The molecule has 0 amide bonds. The van der Waals surface area contributed by atoms with Gasteiger partial charge in [-0.15, -0.1) is 0 Å². The number of carbonyl (C=O) groups is 1. The number of allylic oxidation sites excluding steroid dienone is 4. The second-order valence-corrected chi connectivity index (χ2v) is 7.82. The minimum Gasteiger partial charge on any atom is -0.385 e. The molecule has 0 heterocycles. The van der Waals surface area contributed by atoms with Gasteiger partial charge in [0, 0.05) is 17.3 Å². The fourth-order valence-electron chi connectivity index (χ4n) is 5.54. The Labute approximate surface area is 126 Å². The van der Waals surface area contributed by atoms with Crippen molar-refractivity contribution in [3.63, 3.8) is 0 Å². The molecular formula is C19H24O2. The van der Waals surface area contributed by atoms with Crippen molar-refractivity contribution in [3.05, 3.63) is 36.0 Å². The van der Waals surface area contributed by atoms with Gasteiger partial charge in [0.1, 0.15) is 5.78 Å². The normalized spacial score (nSPS) is 51.2. The molecule has 1 unspecified atom stereocenters. The predicted molar refractivity (Wildman–Crippen MR) is 82.5 cm³/mol. The van der Waals surface area contributed by atoms with Crippen LogP contribution in [0.15, 0.2) is 36.0 Å². The minimum atomic E-state index is -0.448. The summed E-state index contributed by atoms with van der Waals surface area (Å²) in [4.78, 5) is 12.3. The molecule has 21 heavy (non-hydrogen) atoms. The number of aliphatic hydroxyl groups excluding tert-OH is 1. The Kier molecular flexibility index (Phi) is 2.70. The van der Waals surface area contributed by atoms with Gasteiger partial charge >= 0.3 is 0 Å². The van der Waals surface area contributed by atoms with Crippen LogP contribution in [0.3, 0.4) is 0 Å². The Morgan fingerprint density at radius 2 is 2.00 bits per heavy atom. The highest BCUT2D eigenvalue weighted by Gasteiger charge is 2.57. The number of aliphatic hydroxyl groups is 1. The third-order valence-corrected chi connectivity index (χ3v) is 6.92. The Hall–Kier alpha value is -1.15. The lowest BCUT2D eigenvalue weighted by atomic mass is 9.50. The first-order chi connectivity index (χ1) is 9.95. The molecule has 0 saturated heterocycles. The second-order valence-electron chi connectivity index (χ2n) is 7.82. The van der Waals surface area contributed by atoms with Gasteiger partial charge in [0.25, 0.3) is 0 Å². The minimum absolute atomic E-state index is 0.0333. The van der Waals surface area contributed by atoms with Gasteiger partial charge < -0.3 is 5.11 Å². The molecule has 2 fully saturated rings. The van der Waals surface area contributed by atoms with Gasteiger partial charge in [-0.1, -0.05) is 38.2 Å². The molecule has 2 saturated carbocycles. The number of ketones is 1. The zero-order chi connectivity index (χ0) is 14.8. The van der Waals surface area contributed by atoms with Gasteiger partial charge in [-0.3, -0.25) is 4.79 Å². The fourth-order valence-corrected chi connectivity index (χ4v) is 5.54. The first kappa shape index (κ1) is 13.5. The lowest BCUT2D eigenvalue weighted by Gasteiger charge is -2.53. The maximum absolute atomic E-state index is 12.3. The van der Waals surface area contributed by atoms with Crippen LogP contribution in [0, 0.1) is 28.6 Å². The number of fused-ring (bicyclic) bond motifs is 5. The Balaban J connectivity index is 1.77. The standard InChI is InChI=1S/C19H24O2/c1-18-9-7-13(20)11-12(18)3-4-14-15-5-6-17(21)19(15,2)10-8-16(14)18/h3-4,7,9,11,13-16,20H,5-6,8,10H2,1-2H3/t13?,14-,15-,16-,18-,19-/m0/s1. The summed E-state index contributed by atoms with van der Waals surface area (Å²) in [6.07, 6.45) is 14.2. The highest BCUT2D eigenvalue weighted by Crippen LogP contribution is 2.61. The van der Waals surface area contributed by atoms with E-state index >= 15 is 0 Å². The van der Waals surface area contributed by atoms with Crippen molar-refractivity contribution in [2.24, 2.45) is 28.6 Å². The van der Waals surface area contributed by atoms with E-state index in [0.717, 1.165) is 25.7 Å². The van der Waals surface area contributed by atoms with Crippen molar-refractivity contribution in [2.75, 3.05) is 0 Å². The van der Waals surface area contributed by atoms with Gasteiger partial charge in [-0.25, -0.2) is 0 Å². The molecule has 0 aliphatic heterocycles. The van der Waals surface area contributed by atoms with Crippen LogP contribution in [0.1, 0.15) is 39.5 Å².